The molecule has 0 spiro atoms. The van der Waals surface area contributed by atoms with Crippen LogP contribution in [0.15, 0.2) is 12.7 Å². The Kier molecular flexibility index (Phi) is 6.44. The van der Waals surface area contributed by atoms with Gasteiger partial charge in [0.25, 0.3) is 0 Å². The van der Waals surface area contributed by atoms with Crippen molar-refractivity contribution in [1.82, 2.24) is 0 Å². The maximum atomic E-state index is 11.0. The monoisotopic (exact) mass is 170 g/mol. The predicted octanol–water partition coefficient (Wildman–Crippen LogP) is 2.54. The molecule has 0 aromatic carbocycles. The summed E-state index contributed by atoms with van der Waals surface area (Å²) in [6.45, 7) is 8.06. The van der Waals surface area contributed by atoms with E-state index in [1.165, 1.54) is 0 Å². The molecule has 0 fully saturated rings. The van der Waals surface area contributed by atoms with Gasteiger partial charge in [-0.3, -0.25) is 4.79 Å². The molecule has 0 saturated heterocycles. The first-order chi connectivity index (χ1) is 5.70. The second-order valence-corrected chi connectivity index (χ2v) is 3.02. The van der Waals surface area contributed by atoms with Gasteiger partial charge in [-0.05, 0) is 12.3 Å². The maximum absolute atomic E-state index is 11.0. The van der Waals surface area contributed by atoms with Crippen molar-refractivity contribution in [3.63, 3.8) is 0 Å². The molecule has 0 N–H and O–H groups in total. The van der Waals surface area contributed by atoms with E-state index in [-0.39, 0.29) is 5.97 Å². The van der Waals surface area contributed by atoms with E-state index in [1.807, 2.05) is 0 Å². The molecule has 70 valence electrons. The molecule has 2 heteroatoms. The van der Waals surface area contributed by atoms with Crippen LogP contribution in [0.4, 0.5) is 0 Å². The average molecular weight is 170 g/mol. The zero-order chi connectivity index (χ0) is 9.40. The Morgan fingerprint density at radius 2 is 2.33 bits per heavy atom. The fourth-order valence-corrected chi connectivity index (χ4v) is 0.792. The van der Waals surface area contributed by atoms with E-state index in [9.17, 15) is 4.79 Å². The van der Waals surface area contributed by atoms with E-state index in [4.69, 9.17) is 4.74 Å². The lowest BCUT2D eigenvalue weighted by molar-refractivity contribution is -0.142. The van der Waals surface area contributed by atoms with E-state index in [1.54, 1.807) is 6.08 Å². The van der Waals surface area contributed by atoms with Gasteiger partial charge in [-0.15, -0.1) is 0 Å². The Hall–Kier alpha value is -0.790. The number of hydrogen-bond acceptors (Lipinski definition) is 2. The number of carbonyl (C=O) groups excluding carboxylic acids is 1. The summed E-state index contributed by atoms with van der Waals surface area (Å²) in [5.74, 6) is 0.497. The average Bonchev–Trinajstić information content (AvgIpc) is 2.10. The van der Waals surface area contributed by atoms with Crippen LogP contribution >= 0.6 is 0 Å². The van der Waals surface area contributed by atoms with E-state index in [2.05, 4.69) is 20.4 Å². The maximum Gasteiger partial charge on any atom is 0.306 e. The lowest BCUT2D eigenvalue weighted by Crippen LogP contribution is -2.06. The Morgan fingerprint density at radius 3 is 2.83 bits per heavy atom. The SMILES string of the molecule is C=CCOC(=O)CC[C@@H](C)CC. The van der Waals surface area contributed by atoms with Crippen LogP contribution in [0.3, 0.4) is 0 Å². The van der Waals surface area contributed by atoms with Gasteiger partial charge in [0.15, 0.2) is 0 Å². The Bertz CT molecular complexity index is 141. The molecule has 1 atom stereocenters. The largest absolute Gasteiger partial charge is 0.461 e. The quantitative estimate of drug-likeness (QED) is 0.452. The van der Waals surface area contributed by atoms with Crippen LogP contribution < -0.4 is 0 Å². The summed E-state index contributed by atoms with van der Waals surface area (Å²) in [5, 5.41) is 0. The highest BCUT2D eigenvalue weighted by Crippen LogP contribution is 2.09. The molecular formula is C10H18O2. The minimum absolute atomic E-state index is 0.116. The first-order valence-electron chi connectivity index (χ1n) is 4.47. The van der Waals surface area contributed by atoms with Crippen molar-refractivity contribution in [2.24, 2.45) is 5.92 Å². The van der Waals surface area contributed by atoms with Crippen molar-refractivity contribution in [1.29, 1.82) is 0 Å². The van der Waals surface area contributed by atoms with Gasteiger partial charge in [-0.1, -0.05) is 32.9 Å². The Labute approximate surface area is 74.6 Å². The van der Waals surface area contributed by atoms with E-state index in [0.29, 0.717) is 18.9 Å². The Balaban J connectivity index is 3.36. The summed E-state index contributed by atoms with van der Waals surface area (Å²) < 4.78 is 4.83. The lowest BCUT2D eigenvalue weighted by atomic mass is 10.0. The second-order valence-electron chi connectivity index (χ2n) is 3.02. The fourth-order valence-electron chi connectivity index (χ4n) is 0.792. The van der Waals surface area contributed by atoms with Gasteiger partial charge in [-0.25, -0.2) is 0 Å². The zero-order valence-corrected chi connectivity index (χ0v) is 8.01. The molecule has 0 aliphatic rings. The minimum atomic E-state index is -0.116. The second kappa shape index (κ2) is 6.89. The van der Waals surface area contributed by atoms with Crippen molar-refractivity contribution in [2.45, 2.75) is 33.1 Å². The topological polar surface area (TPSA) is 26.3 Å². The van der Waals surface area contributed by atoms with Crippen LogP contribution in [0.2, 0.25) is 0 Å². The highest BCUT2D eigenvalue weighted by Gasteiger charge is 2.04. The van der Waals surface area contributed by atoms with Crippen molar-refractivity contribution in [2.75, 3.05) is 6.61 Å². The summed E-state index contributed by atoms with van der Waals surface area (Å²) in [4.78, 5) is 11.0. The van der Waals surface area contributed by atoms with Gasteiger partial charge in [0.2, 0.25) is 0 Å². The molecule has 0 amide bonds. The summed E-state index contributed by atoms with van der Waals surface area (Å²) in [7, 11) is 0. The predicted molar refractivity (Wildman–Crippen MR) is 49.8 cm³/mol. The van der Waals surface area contributed by atoms with Gasteiger partial charge in [0.1, 0.15) is 6.61 Å². The van der Waals surface area contributed by atoms with Gasteiger partial charge in [0.05, 0.1) is 0 Å². The number of rotatable bonds is 6. The summed E-state index contributed by atoms with van der Waals surface area (Å²) in [6.07, 6.45) is 4.16. The molecule has 0 heterocycles. The van der Waals surface area contributed by atoms with Crippen LogP contribution in [-0.4, -0.2) is 12.6 Å². The van der Waals surface area contributed by atoms with Crippen molar-refractivity contribution < 1.29 is 9.53 Å². The number of carbonyl (C=O) groups is 1. The van der Waals surface area contributed by atoms with E-state index in [0.717, 1.165) is 12.8 Å². The first kappa shape index (κ1) is 11.2. The third kappa shape index (κ3) is 5.96. The molecule has 0 unspecified atom stereocenters. The van der Waals surface area contributed by atoms with Crippen LogP contribution in [0.1, 0.15) is 33.1 Å². The van der Waals surface area contributed by atoms with Crippen LogP contribution in [0, 0.1) is 5.92 Å². The molecular weight excluding hydrogens is 152 g/mol. The van der Waals surface area contributed by atoms with Crippen molar-refractivity contribution in [3.05, 3.63) is 12.7 Å². The smallest absolute Gasteiger partial charge is 0.306 e. The van der Waals surface area contributed by atoms with Crippen molar-refractivity contribution >= 4 is 5.97 Å². The van der Waals surface area contributed by atoms with E-state index < -0.39 is 0 Å². The van der Waals surface area contributed by atoms with Gasteiger partial charge >= 0.3 is 5.97 Å². The molecule has 12 heavy (non-hydrogen) atoms. The molecule has 0 aromatic heterocycles. The molecule has 0 radical (unpaired) electrons. The highest BCUT2D eigenvalue weighted by atomic mass is 16.5. The van der Waals surface area contributed by atoms with Crippen LogP contribution in [-0.2, 0) is 9.53 Å². The molecule has 0 aromatic rings. The van der Waals surface area contributed by atoms with Crippen LogP contribution in [0.25, 0.3) is 0 Å². The molecule has 0 aliphatic carbocycles. The summed E-state index contributed by atoms with van der Waals surface area (Å²) in [5.41, 5.74) is 0. The van der Waals surface area contributed by atoms with Gasteiger partial charge < -0.3 is 4.74 Å². The normalized spacial score (nSPS) is 12.2. The summed E-state index contributed by atoms with van der Waals surface area (Å²) >= 11 is 0. The number of esters is 1. The Morgan fingerprint density at radius 1 is 1.67 bits per heavy atom. The van der Waals surface area contributed by atoms with Gasteiger partial charge in [-0.2, -0.15) is 0 Å². The molecule has 2 nitrogen and oxygen atoms in total. The molecule has 0 rings (SSSR count). The molecule has 0 saturated carbocycles. The summed E-state index contributed by atoms with van der Waals surface area (Å²) in [6, 6.07) is 0. The standard InChI is InChI=1S/C10H18O2/c1-4-8-12-10(11)7-6-9(3)5-2/h4,9H,1,5-8H2,2-3H3/t9-/m0/s1. The van der Waals surface area contributed by atoms with Crippen LogP contribution in [0.5, 0.6) is 0 Å². The molecule has 0 aliphatic heterocycles. The first-order valence-corrected chi connectivity index (χ1v) is 4.47. The fraction of sp³-hybridized carbons (Fsp3) is 0.700. The van der Waals surface area contributed by atoms with Crippen molar-refractivity contribution in [3.8, 4) is 0 Å². The third-order valence-electron chi connectivity index (χ3n) is 1.90. The van der Waals surface area contributed by atoms with Gasteiger partial charge in [0, 0.05) is 6.42 Å². The third-order valence-corrected chi connectivity index (χ3v) is 1.90. The van der Waals surface area contributed by atoms with E-state index >= 15 is 0 Å². The number of ether oxygens (including phenoxy) is 1. The zero-order valence-electron chi connectivity index (χ0n) is 8.01. The highest BCUT2D eigenvalue weighted by molar-refractivity contribution is 5.69. The minimum Gasteiger partial charge on any atom is -0.461 e. The lowest BCUT2D eigenvalue weighted by Gasteiger charge is -2.06. The number of hydrogen-bond donors (Lipinski definition) is 0. The molecule has 0 bridgehead atoms.